The predicted octanol–water partition coefficient (Wildman–Crippen LogP) is -2.52. The van der Waals surface area contributed by atoms with Gasteiger partial charge in [-0.25, -0.2) is 0 Å². The molecule has 12 heavy (non-hydrogen) atoms. The summed E-state index contributed by atoms with van der Waals surface area (Å²) in [5.74, 6) is 0. The molecule has 0 aromatic heterocycles. The topological polar surface area (TPSA) is 196 Å². The van der Waals surface area contributed by atoms with Crippen LogP contribution >= 0.6 is 0 Å². The molecule has 12 heteroatoms. The maximum absolute atomic E-state index is 8.52. The van der Waals surface area contributed by atoms with Crippen molar-refractivity contribution in [3.63, 3.8) is 0 Å². The van der Waals surface area contributed by atoms with E-state index in [1.165, 1.54) is 0 Å². The Balaban J connectivity index is -0.0000000457. The Morgan fingerprint density at radius 1 is 0.667 bits per heavy atom. The molecule has 0 saturated heterocycles. The van der Waals surface area contributed by atoms with E-state index >= 15 is 0 Å². The van der Waals surface area contributed by atoms with Crippen molar-refractivity contribution in [1.29, 1.82) is 0 Å². The van der Waals surface area contributed by atoms with Crippen LogP contribution in [0.1, 0.15) is 0 Å². The third kappa shape index (κ3) is 6070. The van der Waals surface area contributed by atoms with Gasteiger partial charge in [0.25, 0.3) is 0 Å². The van der Waals surface area contributed by atoms with Gasteiger partial charge < -0.3 is 24.4 Å². The first-order chi connectivity index (χ1) is 4.00. The second kappa shape index (κ2) is 8.01. The molecular formula is H3NO8PtS2. The minimum absolute atomic E-state index is 0. The largest absolute Gasteiger partial charge is 4.00 e. The zero-order chi connectivity index (χ0) is 9.00. The van der Waals surface area contributed by atoms with E-state index in [1.807, 2.05) is 0 Å². The van der Waals surface area contributed by atoms with Crippen molar-refractivity contribution in [1.82, 2.24) is 6.15 Å². The molecule has 0 heterocycles. The number of hydrogen-bond donors (Lipinski definition) is 1. The van der Waals surface area contributed by atoms with Gasteiger partial charge in [0.2, 0.25) is 0 Å². The molecule has 0 unspecified atom stereocenters. The summed E-state index contributed by atoms with van der Waals surface area (Å²) in [6.07, 6.45) is 0. The van der Waals surface area contributed by atoms with Crippen molar-refractivity contribution >= 4 is 20.8 Å². The molecule has 3 N–H and O–H groups in total. The Morgan fingerprint density at radius 2 is 0.667 bits per heavy atom. The van der Waals surface area contributed by atoms with Crippen molar-refractivity contribution in [2.45, 2.75) is 0 Å². The molecule has 0 rings (SSSR count). The summed E-state index contributed by atoms with van der Waals surface area (Å²) < 4.78 is 68.2. The van der Waals surface area contributed by atoms with Crippen LogP contribution in [0.2, 0.25) is 0 Å². The van der Waals surface area contributed by atoms with Gasteiger partial charge >= 0.3 is 21.1 Å². The van der Waals surface area contributed by atoms with Gasteiger partial charge in [-0.3, -0.25) is 16.8 Å². The summed E-state index contributed by atoms with van der Waals surface area (Å²) in [6, 6.07) is 0. The van der Waals surface area contributed by atoms with E-state index in [2.05, 4.69) is 0 Å². The molecule has 78 valence electrons. The minimum atomic E-state index is -5.17. The fourth-order valence-electron chi connectivity index (χ4n) is 0. The summed E-state index contributed by atoms with van der Waals surface area (Å²) in [7, 11) is -10.3. The summed E-state index contributed by atoms with van der Waals surface area (Å²) >= 11 is 0. The Labute approximate surface area is 83.2 Å². The van der Waals surface area contributed by atoms with Crippen LogP contribution in [0, 0.1) is 0 Å². The fourth-order valence-corrected chi connectivity index (χ4v) is 0. The van der Waals surface area contributed by atoms with E-state index in [0.29, 0.717) is 0 Å². The average Bonchev–Trinajstić information content (AvgIpc) is 1.12. The third-order valence-electron chi connectivity index (χ3n) is 0. The van der Waals surface area contributed by atoms with Gasteiger partial charge in [0.05, 0.1) is 0 Å². The van der Waals surface area contributed by atoms with Crippen LogP contribution in [0.5, 0.6) is 0 Å². The molecule has 9 nitrogen and oxygen atoms in total. The van der Waals surface area contributed by atoms with Crippen LogP contribution in [-0.2, 0) is 41.9 Å². The Morgan fingerprint density at radius 3 is 0.667 bits per heavy atom. The fraction of sp³-hybridized carbons (Fsp3) is 0. The maximum Gasteiger partial charge on any atom is 4.00 e. The second-order valence-electron chi connectivity index (χ2n) is 0.816. The predicted molar refractivity (Wildman–Crippen MR) is 26.0 cm³/mol. The Bertz CT molecular complexity index is 213. The normalized spacial score (nSPS) is 9.67. The van der Waals surface area contributed by atoms with Crippen molar-refractivity contribution in [3.8, 4) is 0 Å². The maximum atomic E-state index is 8.52. The van der Waals surface area contributed by atoms with E-state index in [-0.39, 0.29) is 27.2 Å². The molecule has 0 aliphatic rings. The quantitative estimate of drug-likeness (QED) is 0.335. The van der Waals surface area contributed by atoms with Crippen LogP contribution < -0.4 is 6.15 Å². The Hall–Kier alpha value is 0.388. The van der Waals surface area contributed by atoms with Gasteiger partial charge in [0.1, 0.15) is 0 Å². The van der Waals surface area contributed by atoms with Gasteiger partial charge in [-0.15, -0.1) is 0 Å². The van der Waals surface area contributed by atoms with Crippen LogP contribution in [0.15, 0.2) is 0 Å². The summed E-state index contributed by atoms with van der Waals surface area (Å²) in [4.78, 5) is 0. The average molecular weight is 404 g/mol. The molecule has 0 aliphatic carbocycles. The van der Waals surface area contributed by atoms with Gasteiger partial charge in [-0.2, -0.15) is 0 Å². The molecule has 0 atom stereocenters. The molecule has 0 aromatic carbocycles. The molecule has 0 spiro atoms. The smallest absolute Gasteiger partial charge is 0.759 e. The number of rotatable bonds is 0. The molecule has 0 amide bonds. The Kier molecular flexibility index (Phi) is 15.2. The molecule has 0 radical (unpaired) electrons. The van der Waals surface area contributed by atoms with E-state index in [9.17, 15) is 0 Å². The van der Waals surface area contributed by atoms with Gasteiger partial charge in [0.15, 0.2) is 0 Å². The van der Waals surface area contributed by atoms with Gasteiger partial charge in [-0.1, -0.05) is 0 Å². The monoisotopic (exact) mass is 404 g/mol. The third-order valence-corrected chi connectivity index (χ3v) is 0. The summed E-state index contributed by atoms with van der Waals surface area (Å²) in [5, 5.41) is 0. The molecular weight excluding hydrogens is 401 g/mol. The van der Waals surface area contributed by atoms with Crippen LogP contribution in [-0.4, -0.2) is 35.0 Å². The molecule has 0 aliphatic heterocycles. The van der Waals surface area contributed by atoms with E-state index < -0.39 is 20.8 Å². The molecule has 0 aromatic rings. The van der Waals surface area contributed by atoms with Crippen molar-refractivity contribution < 1.29 is 56.1 Å². The van der Waals surface area contributed by atoms with E-state index in [1.54, 1.807) is 0 Å². The summed E-state index contributed by atoms with van der Waals surface area (Å²) in [5.41, 5.74) is 0. The van der Waals surface area contributed by atoms with Crippen LogP contribution in [0.4, 0.5) is 0 Å². The summed E-state index contributed by atoms with van der Waals surface area (Å²) in [6.45, 7) is 0. The van der Waals surface area contributed by atoms with Gasteiger partial charge in [0, 0.05) is 20.8 Å². The first-order valence-electron chi connectivity index (χ1n) is 1.33. The second-order valence-corrected chi connectivity index (χ2v) is 2.45. The molecule has 0 fully saturated rings. The van der Waals surface area contributed by atoms with Crippen LogP contribution in [0.3, 0.4) is 0 Å². The standard InChI is InChI=1S/H3N.2H2O4S.Pt/c;2*1-5(2,3)4;/h1H3;2*(H2,1,2,3,4);/q;;;+4/p-4. The molecule has 0 bridgehead atoms. The van der Waals surface area contributed by atoms with Crippen molar-refractivity contribution in [2.75, 3.05) is 0 Å². The van der Waals surface area contributed by atoms with E-state index in [0.717, 1.165) is 0 Å². The van der Waals surface area contributed by atoms with Crippen molar-refractivity contribution in [3.05, 3.63) is 0 Å². The first-order valence-corrected chi connectivity index (χ1v) is 4.00. The SMILES string of the molecule is N.O=S(=O)([O-])[O-].O=S(=O)([O-])[O-].[Pt+4]. The zero-order valence-corrected chi connectivity index (χ0v) is 9.01. The van der Waals surface area contributed by atoms with E-state index in [4.69, 9.17) is 35.0 Å². The van der Waals surface area contributed by atoms with Crippen molar-refractivity contribution in [2.24, 2.45) is 0 Å². The minimum Gasteiger partial charge on any atom is -0.759 e. The van der Waals surface area contributed by atoms with Gasteiger partial charge in [-0.05, 0) is 0 Å². The number of hydrogen-bond acceptors (Lipinski definition) is 9. The molecule has 0 saturated carbocycles. The zero-order valence-electron chi connectivity index (χ0n) is 5.11. The first kappa shape index (κ1) is 22.8. The van der Waals surface area contributed by atoms with Crippen LogP contribution in [0.25, 0.3) is 0 Å².